The number of halogens is 3. The quantitative estimate of drug-likeness (QED) is 0.199. The van der Waals surface area contributed by atoms with Gasteiger partial charge in [-0.1, -0.05) is 29.8 Å². The maximum atomic E-state index is 17.2. The lowest BCUT2D eigenvalue weighted by Crippen LogP contribution is -2.43. The summed E-state index contributed by atoms with van der Waals surface area (Å²) in [6.45, 7) is 3.82. The van der Waals surface area contributed by atoms with Crippen LogP contribution < -0.4 is 25.8 Å². The molecule has 0 radical (unpaired) electrons. The number of nitrogen functional groups attached to an aromatic ring is 2. The molecule has 0 unspecified atom stereocenters. The molecule has 0 bridgehead atoms. The SMILES string of the molecule is C[C@H](c1cccnc1N)N1CCOc2c(Cl)c(-c3cccc4sc(N)c(C#N)c34)c(F)c3nc(OC[C@@]45CCCN4C[C@H](F)C5)nc1c23. The molecule has 0 saturated carbocycles. The third-order valence-corrected chi connectivity index (χ3v) is 11.3. The van der Waals surface area contributed by atoms with E-state index in [1.807, 2.05) is 24.0 Å². The van der Waals surface area contributed by atoms with E-state index >= 15 is 4.39 Å². The number of aromatic nitrogens is 3. The number of nitrogens with zero attached hydrogens (tertiary/aromatic N) is 6. The number of fused-ring (bicyclic) bond motifs is 2. The molecule has 3 aliphatic heterocycles. The lowest BCUT2D eigenvalue weighted by atomic mass is 9.95. The van der Waals surface area contributed by atoms with Gasteiger partial charge in [-0.25, -0.2) is 13.8 Å². The molecule has 5 aromatic rings. The number of ether oxygens (including phenoxy) is 2. The number of nitrogens with two attached hydrogens (primary N) is 2. The smallest absolute Gasteiger partial charge is 0.319 e. The first kappa shape index (κ1) is 30.8. The van der Waals surface area contributed by atoms with E-state index in [1.165, 1.54) is 11.3 Å². The minimum Gasteiger partial charge on any atom is -0.489 e. The summed E-state index contributed by atoms with van der Waals surface area (Å²) in [6, 6.07) is 10.7. The van der Waals surface area contributed by atoms with E-state index in [9.17, 15) is 9.65 Å². The summed E-state index contributed by atoms with van der Waals surface area (Å²) in [5, 5.41) is 11.1. The van der Waals surface area contributed by atoms with Gasteiger partial charge in [0.05, 0.1) is 34.1 Å². The van der Waals surface area contributed by atoms with Crippen LogP contribution >= 0.6 is 22.9 Å². The highest BCUT2D eigenvalue weighted by Gasteiger charge is 2.49. The summed E-state index contributed by atoms with van der Waals surface area (Å²) < 4.78 is 45.1. The first-order valence-electron chi connectivity index (χ1n) is 15.8. The van der Waals surface area contributed by atoms with Crippen molar-refractivity contribution >= 4 is 60.6 Å². The molecule has 14 heteroatoms. The maximum Gasteiger partial charge on any atom is 0.319 e. The van der Waals surface area contributed by atoms with Crippen LogP contribution in [0.2, 0.25) is 5.02 Å². The highest BCUT2D eigenvalue weighted by Crippen LogP contribution is 2.51. The van der Waals surface area contributed by atoms with Crippen molar-refractivity contribution in [2.75, 3.05) is 49.2 Å². The van der Waals surface area contributed by atoms with Gasteiger partial charge < -0.3 is 25.8 Å². The summed E-state index contributed by atoms with van der Waals surface area (Å²) in [4.78, 5) is 17.9. The molecule has 246 valence electrons. The number of nitriles is 1. The van der Waals surface area contributed by atoms with E-state index in [0.717, 1.165) is 24.9 Å². The standard InChI is InChI=1S/C34H31ClF2N8O2S/c1-17(19-6-3-9-41-30(19)39)45-11-12-46-29-25-28(42-33(43-32(25)45)47-16-34-8-4-10-44(34)15-18(36)13-34)27(37)24(26(29)35)20-5-2-7-22-23(20)21(14-38)31(40)48-22/h2-3,5-7,9,17-18H,4,8,10-13,15-16,40H2,1H3,(H2,39,41)/t17-,18-,34+/m1/s1. The van der Waals surface area contributed by atoms with Gasteiger partial charge in [0.2, 0.25) is 0 Å². The Labute approximate surface area is 283 Å². The predicted molar refractivity (Wildman–Crippen MR) is 183 cm³/mol. The van der Waals surface area contributed by atoms with Crippen molar-refractivity contribution in [3.8, 4) is 29.0 Å². The van der Waals surface area contributed by atoms with Crippen molar-refractivity contribution in [1.29, 1.82) is 5.26 Å². The lowest BCUT2D eigenvalue weighted by molar-refractivity contribution is 0.107. The van der Waals surface area contributed by atoms with Crippen molar-refractivity contribution in [2.45, 2.75) is 43.9 Å². The predicted octanol–water partition coefficient (Wildman–Crippen LogP) is 6.65. The lowest BCUT2D eigenvalue weighted by Gasteiger charge is -2.32. The summed E-state index contributed by atoms with van der Waals surface area (Å²) in [5.74, 6) is 0.207. The fourth-order valence-corrected chi connectivity index (χ4v) is 8.97. The first-order valence-corrected chi connectivity index (χ1v) is 17.0. The van der Waals surface area contributed by atoms with Crippen molar-refractivity contribution in [3.63, 3.8) is 0 Å². The normalized spacial score (nSPS) is 21.2. The topological polar surface area (TPSA) is 139 Å². The summed E-state index contributed by atoms with van der Waals surface area (Å²) in [7, 11) is 0. The molecule has 0 amide bonds. The van der Waals surface area contributed by atoms with Crippen LogP contribution in [0.4, 0.5) is 25.4 Å². The second kappa shape index (κ2) is 11.6. The second-order valence-corrected chi connectivity index (χ2v) is 14.0. The Kier molecular flexibility index (Phi) is 7.43. The van der Waals surface area contributed by atoms with Gasteiger partial charge in [-0.15, -0.1) is 11.3 Å². The second-order valence-electron chi connectivity index (χ2n) is 12.6. The molecule has 3 aliphatic rings. The Balaban J connectivity index is 1.35. The van der Waals surface area contributed by atoms with Gasteiger partial charge in [-0.3, -0.25) is 4.90 Å². The monoisotopic (exact) mass is 688 g/mol. The Bertz CT molecular complexity index is 2160. The molecule has 8 rings (SSSR count). The molecule has 3 atom stereocenters. The average molecular weight is 689 g/mol. The zero-order valence-electron chi connectivity index (χ0n) is 26.0. The fraction of sp³-hybridized carbons (Fsp3) is 0.353. The molecule has 2 aromatic carbocycles. The van der Waals surface area contributed by atoms with Gasteiger partial charge in [0.15, 0.2) is 11.6 Å². The minimum absolute atomic E-state index is 0.0236. The largest absolute Gasteiger partial charge is 0.489 e. The molecule has 2 fully saturated rings. The third kappa shape index (κ3) is 4.69. The van der Waals surface area contributed by atoms with E-state index in [4.69, 9.17) is 37.5 Å². The number of rotatable bonds is 6. The van der Waals surface area contributed by atoms with E-state index in [-0.39, 0.29) is 58.1 Å². The molecule has 6 heterocycles. The van der Waals surface area contributed by atoms with Crippen molar-refractivity contribution in [1.82, 2.24) is 19.9 Å². The summed E-state index contributed by atoms with van der Waals surface area (Å²) >= 11 is 8.33. The number of alkyl halides is 1. The highest BCUT2D eigenvalue weighted by molar-refractivity contribution is 7.23. The zero-order chi connectivity index (χ0) is 33.3. The van der Waals surface area contributed by atoms with Crippen LogP contribution in [-0.4, -0.2) is 64.4 Å². The zero-order valence-corrected chi connectivity index (χ0v) is 27.5. The molecule has 3 aromatic heterocycles. The number of anilines is 3. The Morgan fingerprint density at radius 3 is 2.90 bits per heavy atom. The first-order chi connectivity index (χ1) is 23.2. The van der Waals surface area contributed by atoms with Crippen molar-refractivity contribution in [3.05, 3.63) is 58.5 Å². The molecule has 4 N–H and O–H groups in total. The Morgan fingerprint density at radius 1 is 1.23 bits per heavy atom. The van der Waals surface area contributed by atoms with E-state index in [0.29, 0.717) is 51.8 Å². The van der Waals surface area contributed by atoms with Gasteiger partial charge in [-0.05, 0) is 44.0 Å². The van der Waals surface area contributed by atoms with Crippen LogP contribution in [0, 0.1) is 17.1 Å². The van der Waals surface area contributed by atoms with Crippen LogP contribution in [0.15, 0.2) is 36.5 Å². The van der Waals surface area contributed by atoms with Crippen LogP contribution in [0.3, 0.4) is 0 Å². The molecule has 0 aliphatic carbocycles. The number of benzene rings is 2. The fourth-order valence-electron chi connectivity index (χ4n) is 7.69. The van der Waals surface area contributed by atoms with Gasteiger partial charge in [0.1, 0.15) is 47.6 Å². The average Bonchev–Trinajstić information content (AvgIpc) is 3.66. The minimum atomic E-state index is -0.939. The molecule has 48 heavy (non-hydrogen) atoms. The van der Waals surface area contributed by atoms with Gasteiger partial charge in [-0.2, -0.15) is 15.2 Å². The van der Waals surface area contributed by atoms with E-state index < -0.39 is 17.5 Å². The Hall–Kier alpha value is -4.51. The van der Waals surface area contributed by atoms with Gasteiger partial charge >= 0.3 is 6.01 Å². The molecule has 0 spiro atoms. The van der Waals surface area contributed by atoms with E-state index in [1.54, 1.807) is 24.4 Å². The van der Waals surface area contributed by atoms with Gasteiger partial charge in [0, 0.05) is 40.4 Å². The van der Waals surface area contributed by atoms with Crippen molar-refractivity contribution < 1.29 is 18.3 Å². The molecular weight excluding hydrogens is 658 g/mol. The number of hydrogen-bond donors (Lipinski definition) is 2. The molecular formula is C34H31ClF2N8O2S. The highest BCUT2D eigenvalue weighted by atomic mass is 35.5. The third-order valence-electron chi connectivity index (χ3n) is 9.94. The summed E-state index contributed by atoms with van der Waals surface area (Å²) in [6.07, 6.45) is 2.77. The number of hydrogen-bond acceptors (Lipinski definition) is 11. The van der Waals surface area contributed by atoms with Crippen LogP contribution in [-0.2, 0) is 0 Å². The van der Waals surface area contributed by atoms with Crippen molar-refractivity contribution in [2.24, 2.45) is 0 Å². The van der Waals surface area contributed by atoms with Crippen LogP contribution in [0.1, 0.15) is 43.4 Å². The maximum absolute atomic E-state index is 17.2. The Morgan fingerprint density at radius 2 is 2.08 bits per heavy atom. The molecule has 2 saturated heterocycles. The van der Waals surface area contributed by atoms with Gasteiger partial charge in [0.25, 0.3) is 0 Å². The van der Waals surface area contributed by atoms with E-state index in [2.05, 4.69) is 20.9 Å². The summed E-state index contributed by atoms with van der Waals surface area (Å²) in [5.41, 5.74) is 13.4. The molecule has 10 nitrogen and oxygen atoms in total. The van der Waals surface area contributed by atoms with Crippen LogP contribution in [0.25, 0.3) is 32.1 Å². The number of pyridine rings is 1. The number of thiophene rings is 1. The van der Waals surface area contributed by atoms with Crippen LogP contribution in [0.5, 0.6) is 11.8 Å².